The van der Waals surface area contributed by atoms with Gasteiger partial charge in [-0.2, -0.15) is 0 Å². The molecule has 0 unspecified atom stereocenters. The summed E-state index contributed by atoms with van der Waals surface area (Å²) in [4.78, 5) is 43.7. The number of hydrogen-bond donors (Lipinski definition) is 0. The first-order valence-corrected chi connectivity index (χ1v) is 8.80. The van der Waals surface area contributed by atoms with Gasteiger partial charge in [-0.05, 0) is 27.9 Å². The van der Waals surface area contributed by atoms with Crippen molar-refractivity contribution >= 4 is 17.5 Å². The van der Waals surface area contributed by atoms with Crippen molar-refractivity contribution in [2.24, 2.45) is 0 Å². The first-order valence-electron chi connectivity index (χ1n) is 8.80. The number of nitrogens with zero attached hydrogens (tertiary/aromatic N) is 4. The number of hydrogen-bond acceptors (Lipinski definition) is 7. The van der Waals surface area contributed by atoms with E-state index < -0.39 is 10.9 Å². The maximum absolute atomic E-state index is 12.2. The molecule has 2 rings (SSSR count). The first-order chi connectivity index (χ1) is 11.9. The molecule has 0 spiro atoms. The van der Waals surface area contributed by atoms with Crippen molar-refractivity contribution in [3.05, 3.63) is 20.4 Å². The Morgan fingerprint density at radius 2 is 1.68 bits per heavy atom. The lowest BCUT2D eigenvalue weighted by Crippen LogP contribution is -2.54. The Labute approximate surface area is 148 Å². The zero-order valence-electron chi connectivity index (χ0n) is 15.6. The third-order valence-electron chi connectivity index (χ3n) is 4.50. The summed E-state index contributed by atoms with van der Waals surface area (Å²) in [5, 5.41) is 0. The molecule has 1 saturated heterocycles. The summed E-state index contributed by atoms with van der Waals surface area (Å²) in [6.45, 7) is 8.32. The second-order valence-electron chi connectivity index (χ2n) is 6.41. The fourth-order valence-electron chi connectivity index (χ4n) is 3.03. The SMILES string of the molecule is CCOC(=O)N1CCN(c2c(N(CC)CCN(C)C)c(=O)c2=O)CC1. The van der Waals surface area contributed by atoms with E-state index in [-0.39, 0.29) is 6.09 Å². The maximum atomic E-state index is 12.2. The summed E-state index contributed by atoms with van der Waals surface area (Å²) in [7, 11) is 3.96. The second-order valence-corrected chi connectivity index (χ2v) is 6.41. The molecule has 140 valence electrons. The van der Waals surface area contributed by atoms with Crippen LogP contribution in [-0.4, -0.2) is 82.4 Å². The maximum Gasteiger partial charge on any atom is 0.409 e. The fourth-order valence-corrected chi connectivity index (χ4v) is 3.03. The van der Waals surface area contributed by atoms with Gasteiger partial charge in [-0.25, -0.2) is 4.79 Å². The summed E-state index contributed by atoms with van der Waals surface area (Å²) in [6, 6.07) is 0. The Morgan fingerprint density at radius 1 is 1.04 bits per heavy atom. The van der Waals surface area contributed by atoms with E-state index in [2.05, 4.69) is 0 Å². The van der Waals surface area contributed by atoms with Gasteiger partial charge in [-0.1, -0.05) is 0 Å². The van der Waals surface area contributed by atoms with E-state index in [0.29, 0.717) is 57.3 Å². The molecule has 1 amide bonds. The topological polar surface area (TPSA) is 73.4 Å². The molecule has 25 heavy (non-hydrogen) atoms. The molecule has 1 aliphatic rings. The van der Waals surface area contributed by atoms with E-state index in [4.69, 9.17) is 4.74 Å². The van der Waals surface area contributed by atoms with Crippen LogP contribution in [0.4, 0.5) is 16.2 Å². The Morgan fingerprint density at radius 3 is 2.20 bits per heavy atom. The van der Waals surface area contributed by atoms with E-state index in [0.717, 1.165) is 6.54 Å². The van der Waals surface area contributed by atoms with Crippen LogP contribution >= 0.6 is 0 Å². The van der Waals surface area contributed by atoms with Crippen LogP contribution in [0.1, 0.15) is 13.8 Å². The van der Waals surface area contributed by atoms with Crippen LogP contribution in [0.5, 0.6) is 0 Å². The molecule has 1 aromatic carbocycles. The van der Waals surface area contributed by atoms with Gasteiger partial charge < -0.3 is 24.3 Å². The third kappa shape index (κ3) is 4.12. The van der Waals surface area contributed by atoms with Crippen LogP contribution in [0.25, 0.3) is 0 Å². The van der Waals surface area contributed by atoms with Crippen molar-refractivity contribution in [1.82, 2.24) is 9.80 Å². The van der Waals surface area contributed by atoms with Gasteiger partial charge in [0.25, 0.3) is 10.9 Å². The highest BCUT2D eigenvalue weighted by molar-refractivity contribution is 5.77. The van der Waals surface area contributed by atoms with Gasteiger partial charge in [-0.15, -0.1) is 0 Å². The number of carbonyl (C=O) groups is 1. The smallest absolute Gasteiger partial charge is 0.409 e. The minimum atomic E-state index is -0.414. The van der Waals surface area contributed by atoms with Gasteiger partial charge in [0.2, 0.25) is 0 Å². The highest BCUT2D eigenvalue weighted by Crippen LogP contribution is 2.25. The number of piperazine rings is 1. The van der Waals surface area contributed by atoms with Crippen LogP contribution in [-0.2, 0) is 4.74 Å². The Kier molecular flexibility index (Phi) is 6.41. The van der Waals surface area contributed by atoms with E-state index >= 15 is 0 Å². The molecule has 0 radical (unpaired) electrons. The summed E-state index contributed by atoms with van der Waals surface area (Å²) in [6.07, 6.45) is -0.325. The summed E-state index contributed by atoms with van der Waals surface area (Å²) >= 11 is 0. The molecule has 0 saturated carbocycles. The van der Waals surface area contributed by atoms with E-state index in [9.17, 15) is 14.4 Å². The van der Waals surface area contributed by atoms with Crippen LogP contribution in [0.15, 0.2) is 9.59 Å². The minimum Gasteiger partial charge on any atom is -0.450 e. The van der Waals surface area contributed by atoms with Crippen molar-refractivity contribution in [3.8, 4) is 0 Å². The van der Waals surface area contributed by atoms with Gasteiger partial charge in [0.15, 0.2) is 0 Å². The number of anilines is 2. The van der Waals surface area contributed by atoms with Crippen molar-refractivity contribution in [2.75, 3.05) is 76.3 Å². The zero-order valence-corrected chi connectivity index (χ0v) is 15.6. The Bertz CT molecular complexity index is 658. The molecule has 0 N–H and O–H groups in total. The number of likely N-dealkylation sites (N-methyl/N-ethyl adjacent to an activating group) is 2. The molecule has 0 aliphatic carbocycles. The van der Waals surface area contributed by atoms with Gasteiger partial charge in [0.05, 0.1) is 6.61 Å². The second kappa shape index (κ2) is 8.33. The van der Waals surface area contributed by atoms with Gasteiger partial charge in [-0.3, -0.25) is 9.59 Å². The van der Waals surface area contributed by atoms with E-state index in [1.54, 1.807) is 11.8 Å². The first kappa shape index (κ1) is 19.2. The molecule has 0 aromatic heterocycles. The lowest BCUT2D eigenvalue weighted by Gasteiger charge is -2.38. The van der Waals surface area contributed by atoms with Crippen LogP contribution in [0.2, 0.25) is 0 Å². The Balaban J connectivity index is 2.09. The van der Waals surface area contributed by atoms with E-state index in [1.165, 1.54) is 0 Å². The summed E-state index contributed by atoms with van der Waals surface area (Å²) < 4.78 is 5.01. The van der Waals surface area contributed by atoms with Crippen molar-refractivity contribution < 1.29 is 9.53 Å². The quantitative estimate of drug-likeness (QED) is 0.637. The van der Waals surface area contributed by atoms with E-state index in [1.807, 2.05) is 35.7 Å². The lowest BCUT2D eigenvalue weighted by molar-refractivity contribution is 0.105. The van der Waals surface area contributed by atoms with Crippen LogP contribution in [0, 0.1) is 0 Å². The molecular formula is C17H28N4O4. The predicted octanol–water partition coefficient (Wildman–Crippen LogP) is -0.0510. The highest BCUT2D eigenvalue weighted by Gasteiger charge is 2.32. The summed E-state index contributed by atoms with van der Waals surface area (Å²) in [5.41, 5.74) is 0.222. The minimum absolute atomic E-state index is 0.325. The average Bonchev–Trinajstić information content (AvgIpc) is 2.61. The zero-order chi connectivity index (χ0) is 18.6. The molecule has 1 aliphatic heterocycles. The largest absolute Gasteiger partial charge is 0.450 e. The Hall–Kier alpha value is -2.09. The number of ether oxygens (including phenoxy) is 1. The average molecular weight is 352 g/mol. The molecule has 1 fully saturated rings. The summed E-state index contributed by atoms with van der Waals surface area (Å²) in [5.74, 6) is 0. The van der Waals surface area contributed by atoms with Gasteiger partial charge >= 0.3 is 6.09 Å². The third-order valence-corrected chi connectivity index (χ3v) is 4.50. The van der Waals surface area contributed by atoms with Crippen LogP contribution < -0.4 is 20.7 Å². The van der Waals surface area contributed by atoms with Crippen molar-refractivity contribution in [1.29, 1.82) is 0 Å². The molecule has 8 heteroatoms. The number of rotatable bonds is 7. The molecule has 0 atom stereocenters. The van der Waals surface area contributed by atoms with Gasteiger partial charge in [0, 0.05) is 45.8 Å². The predicted molar refractivity (Wildman–Crippen MR) is 98.6 cm³/mol. The molecule has 8 nitrogen and oxygen atoms in total. The van der Waals surface area contributed by atoms with Crippen LogP contribution in [0.3, 0.4) is 0 Å². The fraction of sp³-hybridized carbons (Fsp3) is 0.706. The molecular weight excluding hydrogens is 324 g/mol. The molecule has 1 aromatic rings. The van der Waals surface area contributed by atoms with Gasteiger partial charge in [0.1, 0.15) is 11.4 Å². The normalized spacial score (nSPS) is 15.1. The standard InChI is InChI=1S/C17H28N4O4/c1-5-19(8-7-18(3)4)13-14(16(23)15(13)22)20-9-11-21(12-10-20)17(24)25-6-2/h5-12H2,1-4H3. The monoisotopic (exact) mass is 352 g/mol. The lowest BCUT2D eigenvalue weighted by atomic mass is 10.1. The molecule has 1 heterocycles. The van der Waals surface area contributed by atoms with Crippen molar-refractivity contribution in [3.63, 3.8) is 0 Å². The number of carbonyl (C=O) groups excluding carboxylic acids is 1. The highest BCUT2D eigenvalue weighted by atomic mass is 16.6. The van der Waals surface area contributed by atoms with Crippen molar-refractivity contribution in [2.45, 2.75) is 13.8 Å². The molecule has 0 bridgehead atoms. The number of amides is 1.